The Morgan fingerprint density at radius 2 is 1.67 bits per heavy atom. The highest BCUT2D eigenvalue weighted by atomic mass is 32.2. The van der Waals surface area contributed by atoms with Gasteiger partial charge in [0.2, 0.25) is 6.20 Å². The zero-order valence-corrected chi connectivity index (χ0v) is 11.7. The van der Waals surface area contributed by atoms with Gasteiger partial charge in [0.15, 0.2) is 0 Å². The molecule has 2 rings (SSSR count). The molecule has 0 aliphatic heterocycles. The smallest absolute Gasteiger partial charge is 0.197 e. The highest BCUT2D eigenvalue weighted by Crippen LogP contribution is 2.25. The van der Waals surface area contributed by atoms with Crippen LogP contribution in [-0.2, 0) is 16.2 Å². The molecule has 0 atom stereocenters. The maximum atomic E-state index is 12.8. The third-order valence-corrected chi connectivity index (χ3v) is 4.03. The summed E-state index contributed by atoms with van der Waals surface area (Å²) in [6.07, 6.45) is -3.67. The van der Waals surface area contributed by atoms with Crippen molar-refractivity contribution in [2.45, 2.75) is 18.0 Å². The Labute approximate surface area is 119 Å². The minimum absolute atomic E-state index is 0.113. The van der Waals surface area contributed by atoms with E-state index in [0.717, 1.165) is 17.8 Å². The van der Waals surface area contributed by atoms with Gasteiger partial charge in [-0.15, -0.1) is 0 Å². The van der Waals surface area contributed by atoms with Gasteiger partial charge in [0.1, 0.15) is 0 Å². The molecular formula is C13H12F3N2O2S+. The van der Waals surface area contributed by atoms with Gasteiger partial charge in [0, 0.05) is 12.1 Å². The van der Waals surface area contributed by atoms with Gasteiger partial charge in [0.05, 0.1) is 4.90 Å². The van der Waals surface area contributed by atoms with Crippen LogP contribution in [0.15, 0.2) is 53.6 Å². The minimum atomic E-state index is -4.67. The lowest BCUT2D eigenvalue weighted by atomic mass is 10.2. The molecule has 1 aromatic heterocycles. The van der Waals surface area contributed by atoms with Gasteiger partial charge < -0.3 is 0 Å². The van der Waals surface area contributed by atoms with E-state index in [4.69, 9.17) is 0 Å². The number of alkyl halides is 3. The van der Waals surface area contributed by atoms with Crippen LogP contribution in [0.2, 0.25) is 0 Å². The van der Waals surface area contributed by atoms with Crippen LogP contribution in [0.5, 0.6) is 0 Å². The third kappa shape index (κ3) is 3.52. The van der Waals surface area contributed by atoms with Crippen LogP contribution in [-0.4, -0.2) is 8.42 Å². The monoisotopic (exact) mass is 317 g/mol. The second kappa shape index (κ2) is 5.36. The molecule has 0 spiro atoms. The average molecular weight is 317 g/mol. The average Bonchev–Trinajstić information content (AvgIpc) is 2.38. The van der Waals surface area contributed by atoms with E-state index in [-0.39, 0.29) is 4.90 Å². The van der Waals surface area contributed by atoms with E-state index in [9.17, 15) is 21.6 Å². The summed E-state index contributed by atoms with van der Waals surface area (Å²) in [5, 5.41) is 0. The Morgan fingerprint density at radius 3 is 2.24 bits per heavy atom. The van der Waals surface area contributed by atoms with E-state index in [1.165, 1.54) is 24.3 Å². The largest absolute Gasteiger partial charge is 0.480 e. The van der Waals surface area contributed by atoms with E-state index in [1.807, 2.05) is 4.83 Å². The first-order chi connectivity index (χ1) is 9.70. The van der Waals surface area contributed by atoms with Gasteiger partial charge in [-0.05, 0) is 25.1 Å². The summed E-state index contributed by atoms with van der Waals surface area (Å²) < 4.78 is 63.1. The number of pyridine rings is 1. The molecular weight excluding hydrogens is 305 g/mol. The molecule has 4 nitrogen and oxygen atoms in total. The lowest BCUT2D eigenvalue weighted by Gasteiger charge is -2.08. The van der Waals surface area contributed by atoms with Crippen molar-refractivity contribution in [3.8, 4) is 0 Å². The van der Waals surface area contributed by atoms with E-state index in [1.54, 1.807) is 19.1 Å². The first-order valence-electron chi connectivity index (χ1n) is 5.87. The van der Waals surface area contributed by atoms with Crippen LogP contribution in [0.3, 0.4) is 0 Å². The van der Waals surface area contributed by atoms with Crippen molar-refractivity contribution >= 4 is 10.0 Å². The Bertz CT molecular complexity index is 741. The molecule has 0 amide bonds. The number of aromatic nitrogens is 1. The molecule has 1 heterocycles. The molecule has 0 saturated carbocycles. The normalized spacial score (nSPS) is 12.2. The predicted octanol–water partition coefficient (Wildman–Crippen LogP) is 2.23. The topological polar surface area (TPSA) is 50.1 Å². The summed E-state index contributed by atoms with van der Waals surface area (Å²) in [5.41, 5.74) is -0.266. The maximum absolute atomic E-state index is 12.8. The quantitative estimate of drug-likeness (QED) is 0.883. The van der Waals surface area contributed by atoms with Crippen LogP contribution in [0.4, 0.5) is 13.2 Å². The van der Waals surface area contributed by atoms with E-state index in [0.29, 0.717) is 4.68 Å². The van der Waals surface area contributed by atoms with Crippen LogP contribution in [0.25, 0.3) is 0 Å². The number of benzene rings is 1. The number of aryl methyl sites for hydroxylation is 1. The van der Waals surface area contributed by atoms with E-state index < -0.39 is 21.9 Å². The predicted molar refractivity (Wildman–Crippen MR) is 69.4 cm³/mol. The van der Waals surface area contributed by atoms with Gasteiger partial charge in [0.25, 0.3) is 0 Å². The summed E-state index contributed by atoms with van der Waals surface area (Å²) in [5.74, 6) is 0. The maximum Gasteiger partial charge on any atom is 0.480 e. The number of sulfonamides is 1. The van der Waals surface area contributed by atoms with Crippen LogP contribution >= 0.6 is 0 Å². The van der Waals surface area contributed by atoms with Crippen molar-refractivity contribution in [1.29, 1.82) is 0 Å². The second-order valence-electron chi connectivity index (χ2n) is 4.36. The van der Waals surface area contributed by atoms with Crippen molar-refractivity contribution < 1.29 is 26.3 Å². The molecule has 2 aromatic rings. The molecule has 1 N–H and O–H groups in total. The highest BCUT2D eigenvalue weighted by molar-refractivity contribution is 7.92. The number of rotatable bonds is 3. The molecule has 0 unspecified atom stereocenters. The Morgan fingerprint density at radius 1 is 1.05 bits per heavy atom. The van der Waals surface area contributed by atoms with Gasteiger partial charge in [-0.1, -0.05) is 27.2 Å². The number of hydrogen-bond donors (Lipinski definition) is 1. The van der Waals surface area contributed by atoms with Crippen molar-refractivity contribution in [2.24, 2.45) is 0 Å². The molecule has 21 heavy (non-hydrogen) atoms. The third-order valence-electron chi connectivity index (χ3n) is 2.70. The number of nitrogens with one attached hydrogen (secondary N) is 1. The Hall–Kier alpha value is -2.09. The Balaban J connectivity index is 2.40. The van der Waals surface area contributed by atoms with Gasteiger partial charge >= 0.3 is 21.9 Å². The number of nitrogens with zero attached hydrogens (tertiary/aromatic N) is 1. The summed E-state index contributed by atoms with van der Waals surface area (Å²) in [4.78, 5) is 1.78. The summed E-state index contributed by atoms with van der Waals surface area (Å²) in [6.45, 7) is 1.78. The standard InChI is InChI=1S/C13H12F3N2O2S/c1-10-5-7-11(8-6-10)21(19,20)17-18-9-3-2-4-12(18)13(14,15)16/h2-9,17H,1H3/q+1. The summed E-state index contributed by atoms with van der Waals surface area (Å²) >= 11 is 0. The zero-order chi connectivity index (χ0) is 15.7. The fourth-order valence-electron chi connectivity index (χ4n) is 1.65. The second-order valence-corrected chi connectivity index (χ2v) is 6.02. The first kappa shape index (κ1) is 15.3. The van der Waals surface area contributed by atoms with E-state index >= 15 is 0 Å². The molecule has 8 heteroatoms. The molecule has 1 aromatic carbocycles. The van der Waals surface area contributed by atoms with E-state index in [2.05, 4.69) is 0 Å². The number of hydrogen-bond acceptors (Lipinski definition) is 2. The highest BCUT2D eigenvalue weighted by Gasteiger charge is 2.42. The molecule has 0 saturated heterocycles. The lowest BCUT2D eigenvalue weighted by Crippen LogP contribution is -2.52. The number of halogens is 3. The summed E-state index contributed by atoms with van der Waals surface area (Å²) in [6, 6.07) is 9.05. The SMILES string of the molecule is Cc1ccc(S(=O)(=O)N[n+]2ccccc2C(F)(F)F)cc1. The minimum Gasteiger partial charge on any atom is -0.197 e. The van der Waals surface area contributed by atoms with Crippen molar-refractivity contribution in [3.63, 3.8) is 0 Å². The molecule has 0 fully saturated rings. The lowest BCUT2D eigenvalue weighted by molar-refractivity contribution is -0.658. The van der Waals surface area contributed by atoms with Crippen LogP contribution in [0, 0.1) is 6.92 Å². The van der Waals surface area contributed by atoms with Gasteiger partial charge in [-0.25, -0.2) is 0 Å². The Kier molecular flexibility index (Phi) is 3.91. The first-order valence-corrected chi connectivity index (χ1v) is 7.36. The van der Waals surface area contributed by atoms with Gasteiger partial charge in [-0.3, -0.25) is 0 Å². The van der Waals surface area contributed by atoms with Crippen LogP contribution < -0.4 is 9.51 Å². The van der Waals surface area contributed by atoms with Crippen molar-refractivity contribution in [2.75, 3.05) is 4.83 Å². The molecule has 0 bridgehead atoms. The van der Waals surface area contributed by atoms with Gasteiger partial charge in [-0.2, -0.15) is 21.6 Å². The fraction of sp³-hybridized carbons (Fsp3) is 0.154. The molecule has 0 aliphatic rings. The fourth-order valence-corrected chi connectivity index (χ4v) is 2.67. The summed E-state index contributed by atoms with van der Waals surface area (Å²) in [7, 11) is -4.10. The zero-order valence-electron chi connectivity index (χ0n) is 10.9. The molecule has 0 radical (unpaired) electrons. The van der Waals surface area contributed by atoms with Crippen molar-refractivity contribution in [3.05, 3.63) is 59.9 Å². The molecule has 112 valence electrons. The molecule has 0 aliphatic carbocycles. The van der Waals surface area contributed by atoms with Crippen LogP contribution in [0.1, 0.15) is 11.3 Å². The van der Waals surface area contributed by atoms with Crippen molar-refractivity contribution in [1.82, 2.24) is 0 Å².